The highest BCUT2D eigenvalue weighted by Gasteiger charge is 2.10. The fourth-order valence-corrected chi connectivity index (χ4v) is 1.00. The molecule has 4 nitrogen and oxygen atoms in total. The lowest BCUT2D eigenvalue weighted by atomic mass is 10.3. The van der Waals surface area contributed by atoms with E-state index in [1.807, 2.05) is 6.92 Å². The third-order valence-corrected chi connectivity index (χ3v) is 1.90. The van der Waals surface area contributed by atoms with Crippen LogP contribution in [-0.4, -0.2) is 18.7 Å². The van der Waals surface area contributed by atoms with Gasteiger partial charge >= 0.3 is 12.1 Å². The van der Waals surface area contributed by atoms with E-state index in [-0.39, 0.29) is 6.42 Å². The second-order valence-electron chi connectivity index (χ2n) is 3.38. The van der Waals surface area contributed by atoms with Crippen LogP contribution in [0.5, 0.6) is 0 Å². The molecule has 0 rings (SSSR count). The lowest BCUT2D eigenvalue weighted by Gasteiger charge is -2.03. The number of esters is 1. The Kier molecular flexibility index (Phi) is 8.82. The summed E-state index contributed by atoms with van der Waals surface area (Å²) >= 11 is 0. The van der Waals surface area contributed by atoms with Gasteiger partial charge in [0.2, 0.25) is 0 Å². The number of carbonyl (C=O) groups is 2. The zero-order valence-electron chi connectivity index (χ0n) is 9.58. The summed E-state index contributed by atoms with van der Waals surface area (Å²) in [6.07, 6.45) is 3.94. The Labute approximate surface area is 90.9 Å². The lowest BCUT2D eigenvalue weighted by molar-refractivity contribution is -0.139. The van der Waals surface area contributed by atoms with Crippen molar-refractivity contribution in [2.24, 2.45) is 0 Å². The molecule has 0 aliphatic carbocycles. The van der Waals surface area contributed by atoms with E-state index < -0.39 is 12.1 Å². The molecule has 0 aliphatic heterocycles. The topological polar surface area (TPSA) is 52.6 Å². The van der Waals surface area contributed by atoms with Crippen LogP contribution in [-0.2, 0) is 14.3 Å². The molecule has 0 aromatic rings. The van der Waals surface area contributed by atoms with Crippen LogP contribution < -0.4 is 0 Å². The van der Waals surface area contributed by atoms with Crippen LogP contribution in [0.2, 0.25) is 0 Å². The minimum absolute atomic E-state index is 0.278. The van der Waals surface area contributed by atoms with Gasteiger partial charge in [0.15, 0.2) is 0 Å². The molecule has 15 heavy (non-hydrogen) atoms. The first-order valence-corrected chi connectivity index (χ1v) is 5.58. The number of carbonyl (C=O) groups excluding carboxylic acids is 2. The van der Waals surface area contributed by atoms with Crippen LogP contribution in [0.15, 0.2) is 0 Å². The van der Waals surface area contributed by atoms with Crippen molar-refractivity contribution in [2.75, 3.05) is 6.61 Å². The van der Waals surface area contributed by atoms with Crippen LogP contribution in [0, 0.1) is 0 Å². The molecule has 0 radical (unpaired) electrons. The van der Waals surface area contributed by atoms with Gasteiger partial charge in [0.05, 0.1) is 6.61 Å². The van der Waals surface area contributed by atoms with E-state index in [2.05, 4.69) is 11.7 Å². The summed E-state index contributed by atoms with van der Waals surface area (Å²) in [5.41, 5.74) is 0. The second-order valence-corrected chi connectivity index (χ2v) is 3.38. The zero-order valence-corrected chi connectivity index (χ0v) is 9.58. The Morgan fingerprint density at radius 3 is 2.27 bits per heavy atom. The van der Waals surface area contributed by atoms with Crippen molar-refractivity contribution < 1.29 is 19.1 Å². The molecule has 0 saturated carbocycles. The van der Waals surface area contributed by atoms with Crippen molar-refractivity contribution in [3.8, 4) is 0 Å². The molecule has 0 amide bonds. The molecule has 88 valence electrons. The van der Waals surface area contributed by atoms with E-state index in [0.29, 0.717) is 6.61 Å². The van der Waals surface area contributed by atoms with E-state index in [4.69, 9.17) is 4.74 Å². The standard InChI is InChI=1S/C11H20O4/c1-3-5-7-9-14-11(13)15-10(12)8-6-4-2/h3-9H2,1-2H3. The summed E-state index contributed by atoms with van der Waals surface area (Å²) in [6.45, 7) is 4.36. The fourth-order valence-electron chi connectivity index (χ4n) is 1.00. The van der Waals surface area contributed by atoms with Gasteiger partial charge in [-0.15, -0.1) is 0 Å². The normalized spacial score (nSPS) is 9.73. The third kappa shape index (κ3) is 9.25. The quantitative estimate of drug-likeness (QED) is 0.373. The van der Waals surface area contributed by atoms with Gasteiger partial charge in [-0.25, -0.2) is 4.79 Å². The van der Waals surface area contributed by atoms with E-state index in [1.165, 1.54) is 0 Å². The highest BCUT2D eigenvalue weighted by atomic mass is 16.7. The maximum Gasteiger partial charge on any atom is 0.516 e. The molecular weight excluding hydrogens is 196 g/mol. The van der Waals surface area contributed by atoms with E-state index in [9.17, 15) is 9.59 Å². The maximum atomic E-state index is 11.0. The minimum atomic E-state index is -0.868. The summed E-state index contributed by atoms with van der Waals surface area (Å²) in [7, 11) is 0. The molecule has 0 atom stereocenters. The van der Waals surface area contributed by atoms with Gasteiger partial charge in [-0.05, 0) is 12.8 Å². The highest BCUT2D eigenvalue weighted by Crippen LogP contribution is 1.99. The Bertz CT molecular complexity index is 189. The Hall–Kier alpha value is -1.06. The summed E-state index contributed by atoms with van der Waals surface area (Å²) in [5, 5.41) is 0. The molecule has 0 bridgehead atoms. The van der Waals surface area contributed by atoms with Gasteiger partial charge in [0.25, 0.3) is 0 Å². The zero-order chi connectivity index (χ0) is 11.5. The number of hydrogen-bond donors (Lipinski definition) is 0. The van der Waals surface area contributed by atoms with Gasteiger partial charge in [0, 0.05) is 6.42 Å². The van der Waals surface area contributed by atoms with Crippen LogP contribution in [0.1, 0.15) is 52.4 Å². The van der Waals surface area contributed by atoms with Crippen molar-refractivity contribution in [3.63, 3.8) is 0 Å². The van der Waals surface area contributed by atoms with Crippen molar-refractivity contribution in [2.45, 2.75) is 52.4 Å². The summed E-state index contributed by atoms with van der Waals surface area (Å²) in [5.74, 6) is -0.502. The first-order valence-electron chi connectivity index (χ1n) is 5.58. The first-order chi connectivity index (χ1) is 7.20. The predicted molar refractivity (Wildman–Crippen MR) is 56.5 cm³/mol. The third-order valence-electron chi connectivity index (χ3n) is 1.90. The number of ether oxygens (including phenoxy) is 2. The van der Waals surface area contributed by atoms with Crippen molar-refractivity contribution in [3.05, 3.63) is 0 Å². The van der Waals surface area contributed by atoms with Gasteiger partial charge in [-0.1, -0.05) is 33.1 Å². The maximum absolute atomic E-state index is 11.0. The van der Waals surface area contributed by atoms with E-state index >= 15 is 0 Å². The molecule has 0 heterocycles. The van der Waals surface area contributed by atoms with Gasteiger partial charge < -0.3 is 9.47 Å². The molecule has 0 N–H and O–H groups in total. The van der Waals surface area contributed by atoms with E-state index in [1.54, 1.807) is 0 Å². The molecule has 0 unspecified atom stereocenters. The molecule has 4 heteroatoms. The van der Waals surface area contributed by atoms with Crippen LogP contribution in [0.4, 0.5) is 4.79 Å². The van der Waals surface area contributed by atoms with Crippen molar-refractivity contribution in [1.29, 1.82) is 0 Å². The summed E-state index contributed by atoms with van der Waals surface area (Å²) < 4.78 is 9.15. The monoisotopic (exact) mass is 216 g/mol. The molecule has 0 fully saturated rings. The average Bonchev–Trinajstić information content (AvgIpc) is 2.21. The number of rotatable bonds is 7. The highest BCUT2D eigenvalue weighted by molar-refractivity contribution is 5.81. The Morgan fingerprint density at radius 1 is 1.00 bits per heavy atom. The SMILES string of the molecule is CCCCCOC(=O)OC(=O)CCCC. The van der Waals surface area contributed by atoms with Crippen LogP contribution in [0.3, 0.4) is 0 Å². The molecule has 0 aliphatic rings. The molecule has 0 aromatic carbocycles. The Morgan fingerprint density at radius 2 is 1.67 bits per heavy atom. The average molecular weight is 216 g/mol. The molecule has 0 spiro atoms. The largest absolute Gasteiger partial charge is 0.516 e. The van der Waals surface area contributed by atoms with Gasteiger partial charge in [-0.2, -0.15) is 0 Å². The van der Waals surface area contributed by atoms with Crippen LogP contribution >= 0.6 is 0 Å². The molecule has 0 saturated heterocycles. The van der Waals surface area contributed by atoms with E-state index in [0.717, 1.165) is 32.1 Å². The minimum Gasteiger partial charge on any atom is -0.434 e. The second kappa shape index (κ2) is 9.49. The van der Waals surface area contributed by atoms with Gasteiger partial charge in [0.1, 0.15) is 0 Å². The lowest BCUT2D eigenvalue weighted by Crippen LogP contribution is -2.14. The first kappa shape index (κ1) is 13.9. The number of unbranched alkanes of at least 4 members (excludes halogenated alkanes) is 3. The van der Waals surface area contributed by atoms with Crippen LogP contribution in [0.25, 0.3) is 0 Å². The van der Waals surface area contributed by atoms with Crippen molar-refractivity contribution >= 4 is 12.1 Å². The van der Waals surface area contributed by atoms with Gasteiger partial charge in [-0.3, -0.25) is 4.79 Å². The smallest absolute Gasteiger partial charge is 0.434 e. The Balaban J connectivity index is 3.43. The molecular formula is C11H20O4. The molecule has 0 aromatic heterocycles. The summed E-state index contributed by atoms with van der Waals surface area (Å²) in [4.78, 5) is 21.9. The number of hydrogen-bond acceptors (Lipinski definition) is 4. The van der Waals surface area contributed by atoms with Crippen molar-refractivity contribution in [1.82, 2.24) is 0 Å². The fraction of sp³-hybridized carbons (Fsp3) is 0.818. The predicted octanol–water partition coefficient (Wildman–Crippen LogP) is 3.05. The summed E-state index contributed by atoms with van der Waals surface area (Å²) in [6, 6.07) is 0.